The Morgan fingerprint density at radius 1 is 1.38 bits per heavy atom. The number of hydrogen-bond donors (Lipinski definition) is 2. The van der Waals surface area contributed by atoms with Crippen molar-refractivity contribution in [1.82, 2.24) is 0 Å². The molecule has 0 fully saturated rings. The summed E-state index contributed by atoms with van der Waals surface area (Å²) >= 11 is 0. The molecule has 1 aliphatic carbocycles. The maximum absolute atomic E-state index is 10.4. The summed E-state index contributed by atoms with van der Waals surface area (Å²) in [5.41, 5.74) is 2.29. The molecule has 2 rings (SSSR count). The topological polar surface area (TPSA) is 57.5 Å². The molecule has 0 saturated heterocycles. The predicted octanol–water partition coefficient (Wildman–Crippen LogP) is 1.60. The van der Waals surface area contributed by atoms with E-state index in [1.165, 1.54) is 0 Å². The van der Waals surface area contributed by atoms with Gasteiger partial charge in [-0.3, -0.25) is 0 Å². The second-order valence-electron chi connectivity index (χ2n) is 3.51. The van der Waals surface area contributed by atoms with E-state index in [1.807, 2.05) is 24.3 Å². The Hall–Kier alpha value is -2.05. The molecule has 1 atom stereocenters. The lowest BCUT2D eigenvalue weighted by atomic mass is 9.89. The normalized spacial score (nSPS) is 17.8. The number of fused-ring (bicyclic) bond motifs is 1. The standard InChI is InChI=1S/C13H10O3/c14-12-7-5-9(6-8-13(15)16)10-3-1-2-4-11(10)12/h1-5,12,14H,7H2,(H,15,16). The van der Waals surface area contributed by atoms with Crippen molar-refractivity contribution in [3.63, 3.8) is 0 Å². The number of benzene rings is 1. The highest BCUT2D eigenvalue weighted by molar-refractivity contribution is 5.92. The van der Waals surface area contributed by atoms with E-state index >= 15 is 0 Å². The average molecular weight is 214 g/mol. The van der Waals surface area contributed by atoms with Gasteiger partial charge in [-0.2, -0.15) is 0 Å². The minimum atomic E-state index is -1.15. The van der Waals surface area contributed by atoms with Crippen molar-refractivity contribution < 1.29 is 15.0 Å². The molecule has 0 bridgehead atoms. The minimum absolute atomic E-state index is 0.473. The molecular formula is C13H10O3. The lowest BCUT2D eigenvalue weighted by Gasteiger charge is -2.19. The molecule has 1 aromatic rings. The Morgan fingerprint density at radius 2 is 2.12 bits per heavy atom. The number of rotatable bonds is 0. The van der Waals surface area contributed by atoms with Crippen molar-refractivity contribution in [2.45, 2.75) is 12.5 Å². The van der Waals surface area contributed by atoms with Crippen LogP contribution in [0.15, 0.2) is 30.3 Å². The largest absolute Gasteiger partial charge is 0.472 e. The lowest BCUT2D eigenvalue weighted by molar-refractivity contribution is -0.130. The molecule has 2 N–H and O–H groups in total. The van der Waals surface area contributed by atoms with Crippen molar-refractivity contribution >= 4 is 11.5 Å². The predicted molar refractivity (Wildman–Crippen MR) is 59.4 cm³/mol. The van der Waals surface area contributed by atoms with Gasteiger partial charge in [0.25, 0.3) is 0 Å². The van der Waals surface area contributed by atoms with Gasteiger partial charge >= 0.3 is 5.97 Å². The second-order valence-corrected chi connectivity index (χ2v) is 3.51. The molecule has 0 heterocycles. The average Bonchev–Trinajstić information content (AvgIpc) is 2.28. The summed E-state index contributed by atoms with van der Waals surface area (Å²) in [6, 6.07) is 7.35. The van der Waals surface area contributed by atoms with Gasteiger partial charge in [-0.15, -0.1) is 0 Å². The van der Waals surface area contributed by atoms with Crippen LogP contribution in [0.4, 0.5) is 0 Å². The van der Waals surface area contributed by atoms with E-state index in [-0.39, 0.29) is 0 Å². The molecule has 3 nitrogen and oxygen atoms in total. The summed E-state index contributed by atoms with van der Waals surface area (Å²) in [6.07, 6.45) is 1.72. The zero-order valence-corrected chi connectivity index (χ0v) is 8.47. The minimum Gasteiger partial charge on any atom is -0.472 e. The Labute approximate surface area is 93.0 Å². The first-order valence-electron chi connectivity index (χ1n) is 4.91. The first kappa shape index (κ1) is 10.5. The van der Waals surface area contributed by atoms with Crippen LogP contribution >= 0.6 is 0 Å². The fourth-order valence-corrected chi connectivity index (χ4v) is 1.74. The zero-order chi connectivity index (χ0) is 11.5. The van der Waals surface area contributed by atoms with Crippen molar-refractivity contribution in [2.75, 3.05) is 0 Å². The van der Waals surface area contributed by atoms with E-state index in [2.05, 4.69) is 11.8 Å². The molecular weight excluding hydrogens is 204 g/mol. The molecule has 0 aliphatic heterocycles. The van der Waals surface area contributed by atoms with Gasteiger partial charge in [-0.25, -0.2) is 4.79 Å². The molecule has 16 heavy (non-hydrogen) atoms. The third kappa shape index (κ3) is 1.97. The number of allylic oxidation sites excluding steroid dienone is 1. The third-order valence-electron chi connectivity index (χ3n) is 2.46. The van der Waals surface area contributed by atoms with Gasteiger partial charge in [0, 0.05) is 11.5 Å². The third-order valence-corrected chi connectivity index (χ3v) is 2.46. The first-order valence-corrected chi connectivity index (χ1v) is 4.91. The van der Waals surface area contributed by atoms with Gasteiger partial charge < -0.3 is 10.2 Å². The van der Waals surface area contributed by atoms with Crippen LogP contribution in [0.3, 0.4) is 0 Å². The van der Waals surface area contributed by atoms with E-state index in [4.69, 9.17) is 5.11 Å². The van der Waals surface area contributed by atoms with Crippen molar-refractivity contribution in [3.05, 3.63) is 41.5 Å². The maximum atomic E-state index is 10.4. The number of aliphatic hydroxyl groups excluding tert-OH is 1. The van der Waals surface area contributed by atoms with Crippen LogP contribution in [0, 0.1) is 11.8 Å². The van der Waals surface area contributed by atoms with E-state index in [1.54, 1.807) is 6.08 Å². The monoisotopic (exact) mass is 214 g/mol. The summed E-state index contributed by atoms with van der Waals surface area (Å²) < 4.78 is 0. The highest BCUT2D eigenvalue weighted by atomic mass is 16.4. The van der Waals surface area contributed by atoms with Gasteiger partial charge in [0.2, 0.25) is 0 Å². The summed E-state index contributed by atoms with van der Waals surface area (Å²) in [6.45, 7) is 0. The number of carboxylic acid groups (broad SMARTS) is 1. The van der Waals surface area contributed by atoms with Gasteiger partial charge in [-0.1, -0.05) is 36.3 Å². The summed E-state index contributed by atoms with van der Waals surface area (Å²) in [4.78, 5) is 10.4. The SMILES string of the molecule is O=C(O)C#CC1=CCC(O)c2ccccc21. The molecule has 0 amide bonds. The molecule has 0 saturated carbocycles. The van der Waals surface area contributed by atoms with Crippen LogP contribution in [0.5, 0.6) is 0 Å². The molecule has 0 spiro atoms. The summed E-state index contributed by atoms with van der Waals surface area (Å²) in [5, 5.41) is 18.2. The summed E-state index contributed by atoms with van der Waals surface area (Å²) in [5.74, 6) is 3.54. The van der Waals surface area contributed by atoms with E-state index in [0.717, 1.165) is 11.1 Å². The van der Waals surface area contributed by atoms with Crippen LogP contribution in [0.25, 0.3) is 5.57 Å². The Balaban J connectivity index is 2.44. The van der Waals surface area contributed by atoms with Gasteiger partial charge in [0.15, 0.2) is 0 Å². The highest BCUT2D eigenvalue weighted by Gasteiger charge is 2.17. The van der Waals surface area contributed by atoms with Crippen LogP contribution in [0.1, 0.15) is 23.7 Å². The molecule has 1 aromatic carbocycles. The molecule has 80 valence electrons. The number of carbonyl (C=O) groups is 1. The van der Waals surface area contributed by atoms with Crippen LogP contribution in [-0.4, -0.2) is 16.2 Å². The Bertz CT molecular complexity index is 517. The molecule has 1 unspecified atom stereocenters. The van der Waals surface area contributed by atoms with Crippen LogP contribution in [0.2, 0.25) is 0 Å². The van der Waals surface area contributed by atoms with Crippen molar-refractivity contribution in [2.24, 2.45) is 0 Å². The zero-order valence-electron chi connectivity index (χ0n) is 8.47. The van der Waals surface area contributed by atoms with Gasteiger partial charge in [0.05, 0.1) is 6.10 Å². The number of carboxylic acids is 1. The van der Waals surface area contributed by atoms with Gasteiger partial charge in [0.1, 0.15) is 0 Å². The quantitative estimate of drug-likeness (QED) is 0.645. The molecule has 0 radical (unpaired) electrons. The van der Waals surface area contributed by atoms with Crippen molar-refractivity contribution in [1.29, 1.82) is 0 Å². The van der Waals surface area contributed by atoms with E-state index in [9.17, 15) is 9.90 Å². The fourth-order valence-electron chi connectivity index (χ4n) is 1.74. The van der Waals surface area contributed by atoms with Crippen molar-refractivity contribution in [3.8, 4) is 11.8 Å². The summed E-state index contributed by atoms with van der Waals surface area (Å²) in [7, 11) is 0. The molecule has 3 heteroatoms. The van der Waals surface area contributed by atoms with Crippen LogP contribution in [-0.2, 0) is 4.79 Å². The smallest absolute Gasteiger partial charge is 0.382 e. The molecule has 1 aliphatic rings. The lowest BCUT2D eigenvalue weighted by Crippen LogP contribution is -2.05. The maximum Gasteiger partial charge on any atom is 0.382 e. The Kier molecular flexibility index (Phi) is 2.76. The van der Waals surface area contributed by atoms with E-state index < -0.39 is 12.1 Å². The number of aliphatic carboxylic acids is 1. The second kappa shape index (κ2) is 4.21. The van der Waals surface area contributed by atoms with Crippen LogP contribution < -0.4 is 0 Å². The Morgan fingerprint density at radius 3 is 2.88 bits per heavy atom. The van der Waals surface area contributed by atoms with Gasteiger partial charge in [-0.05, 0) is 17.5 Å². The highest BCUT2D eigenvalue weighted by Crippen LogP contribution is 2.32. The number of aliphatic hydroxyl groups is 1. The number of hydrogen-bond acceptors (Lipinski definition) is 2. The fraction of sp³-hybridized carbons (Fsp3) is 0.154. The first-order chi connectivity index (χ1) is 7.68. The molecule has 0 aromatic heterocycles. The van der Waals surface area contributed by atoms with E-state index in [0.29, 0.717) is 12.0 Å².